The Kier molecular flexibility index (Phi) is 7.03. The normalized spacial score (nSPS) is 16.6. The minimum Gasteiger partial charge on any atom is -0.393 e. The predicted molar refractivity (Wildman–Crippen MR) is 120 cm³/mol. The topological polar surface area (TPSA) is 109 Å². The molecule has 0 spiro atoms. The fourth-order valence-corrected chi connectivity index (χ4v) is 4.72. The van der Waals surface area contributed by atoms with E-state index in [0.717, 1.165) is 28.2 Å². The van der Waals surface area contributed by atoms with E-state index in [1.807, 2.05) is 0 Å². The highest BCUT2D eigenvalue weighted by Crippen LogP contribution is 2.35. The molecule has 0 aliphatic carbocycles. The molecule has 1 fully saturated rings. The van der Waals surface area contributed by atoms with Crippen molar-refractivity contribution in [2.75, 3.05) is 29.0 Å². The fraction of sp³-hybridized carbons (Fsp3) is 0.381. The van der Waals surface area contributed by atoms with E-state index in [-0.39, 0.29) is 27.2 Å². The second-order valence-electron chi connectivity index (χ2n) is 7.81. The van der Waals surface area contributed by atoms with Gasteiger partial charge in [-0.05, 0) is 31.4 Å². The van der Waals surface area contributed by atoms with Crippen molar-refractivity contribution in [2.24, 2.45) is 0 Å². The molecule has 13 heteroatoms. The summed E-state index contributed by atoms with van der Waals surface area (Å²) in [7, 11) is 0. The highest BCUT2D eigenvalue weighted by molar-refractivity contribution is 7.19. The molecule has 3 aromatic rings. The number of carbonyl (C=O) groups excluding carboxylic acids is 1. The van der Waals surface area contributed by atoms with Gasteiger partial charge in [-0.2, -0.15) is 5.10 Å². The van der Waals surface area contributed by atoms with Crippen molar-refractivity contribution in [3.05, 3.63) is 41.7 Å². The van der Waals surface area contributed by atoms with Gasteiger partial charge in [0.15, 0.2) is 11.5 Å². The molecule has 3 heterocycles. The molecule has 1 atom stereocenters. The predicted octanol–water partition coefficient (Wildman–Crippen LogP) is 3.74. The molecule has 0 bridgehead atoms. The molecule has 1 amide bonds. The van der Waals surface area contributed by atoms with E-state index in [2.05, 4.69) is 15.4 Å². The van der Waals surface area contributed by atoms with E-state index >= 15 is 0 Å². The van der Waals surface area contributed by atoms with Crippen molar-refractivity contribution < 1.29 is 27.5 Å². The Bertz CT molecular complexity index is 1160. The summed E-state index contributed by atoms with van der Waals surface area (Å²) in [4.78, 5) is 18.8. The van der Waals surface area contributed by atoms with Gasteiger partial charge in [0, 0.05) is 13.1 Å². The van der Waals surface area contributed by atoms with E-state index in [0.29, 0.717) is 32.4 Å². The van der Waals surface area contributed by atoms with E-state index in [1.54, 1.807) is 4.90 Å². The quantitative estimate of drug-likeness (QED) is 0.447. The number of nitrogens with two attached hydrogens (primary N) is 1. The number of carbonyl (C=O) groups is 1. The number of aliphatic hydroxyl groups is 1. The second-order valence-corrected chi connectivity index (χ2v) is 8.84. The molecule has 4 N–H and O–H groups in total. The summed E-state index contributed by atoms with van der Waals surface area (Å²) < 4.78 is 55.7. The molecule has 4 rings (SSSR count). The minimum absolute atomic E-state index is 0.0606. The highest BCUT2D eigenvalue weighted by atomic mass is 32.1. The zero-order valence-electron chi connectivity index (χ0n) is 17.8. The number of anilines is 3. The van der Waals surface area contributed by atoms with Crippen LogP contribution in [0.5, 0.6) is 0 Å². The number of thiazole rings is 1. The first kappa shape index (κ1) is 24.0. The number of nitrogen functional groups attached to an aromatic ring is 1. The van der Waals surface area contributed by atoms with Gasteiger partial charge < -0.3 is 21.1 Å². The third-order valence-electron chi connectivity index (χ3n) is 5.41. The Morgan fingerprint density at radius 3 is 2.71 bits per heavy atom. The summed E-state index contributed by atoms with van der Waals surface area (Å²) in [5.41, 5.74) is 5.43. The zero-order valence-corrected chi connectivity index (χ0v) is 18.7. The monoisotopic (exact) mass is 498 g/mol. The molecule has 1 saturated heterocycles. The third kappa shape index (κ3) is 4.99. The van der Waals surface area contributed by atoms with Gasteiger partial charge in [0.1, 0.15) is 33.9 Å². The van der Waals surface area contributed by atoms with Crippen LogP contribution in [0.4, 0.5) is 34.1 Å². The Labute approximate surface area is 196 Å². The SMILES string of the molecule is Nc1sc(-c2c(F)cccc2F)nc1C(=O)Nc1cnn(CC(F)F)c1N1CCC[C@@H](O)CC1. The highest BCUT2D eigenvalue weighted by Gasteiger charge is 2.26. The van der Waals surface area contributed by atoms with Crippen molar-refractivity contribution >= 4 is 33.8 Å². The van der Waals surface area contributed by atoms with Crippen molar-refractivity contribution in [2.45, 2.75) is 38.3 Å². The van der Waals surface area contributed by atoms with Crippen LogP contribution in [0.15, 0.2) is 24.4 Å². The van der Waals surface area contributed by atoms with Crippen LogP contribution in [-0.4, -0.2) is 51.4 Å². The number of amides is 1. The number of hydrogen-bond acceptors (Lipinski definition) is 7. The number of aromatic nitrogens is 3. The van der Waals surface area contributed by atoms with Crippen LogP contribution >= 0.6 is 11.3 Å². The standard InChI is InChI=1S/C21H22F4N6O2S/c22-12-4-1-5-13(23)16(12)20-29-17(18(26)34-20)19(33)28-14-9-27-31(10-15(24)25)21(14)30-7-2-3-11(32)6-8-30/h1,4-5,9,11,15,32H,2-3,6-8,10,26H2,(H,28,33)/t11-/m1/s1. The lowest BCUT2D eigenvalue weighted by Gasteiger charge is -2.25. The van der Waals surface area contributed by atoms with Crippen LogP contribution < -0.4 is 16.0 Å². The molecule has 182 valence electrons. The molecule has 2 aromatic heterocycles. The summed E-state index contributed by atoms with van der Waals surface area (Å²) >= 11 is 0.751. The average Bonchev–Trinajstić information content (AvgIpc) is 3.25. The summed E-state index contributed by atoms with van der Waals surface area (Å²) in [6.07, 6.45) is -0.286. The number of alkyl halides is 2. The van der Waals surface area contributed by atoms with Gasteiger partial charge in [-0.1, -0.05) is 17.4 Å². The van der Waals surface area contributed by atoms with Crippen molar-refractivity contribution in [3.8, 4) is 10.6 Å². The van der Waals surface area contributed by atoms with Crippen LogP contribution in [0.1, 0.15) is 29.8 Å². The first-order chi connectivity index (χ1) is 16.2. The number of rotatable bonds is 6. The smallest absolute Gasteiger partial charge is 0.277 e. The first-order valence-corrected chi connectivity index (χ1v) is 11.3. The van der Waals surface area contributed by atoms with Crippen molar-refractivity contribution in [1.29, 1.82) is 0 Å². The molecule has 0 saturated carbocycles. The van der Waals surface area contributed by atoms with E-state index < -0.39 is 42.2 Å². The van der Waals surface area contributed by atoms with E-state index in [1.165, 1.54) is 12.3 Å². The lowest BCUT2D eigenvalue weighted by Crippen LogP contribution is -2.29. The van der Waals surface area contributed by atoms with E-state index in [4.69, 9.17) is 5.73 Å². The Balaban J connectivity index is 1.63. The van der Waals surface area contributed by atoms with Gasteiger partial charge in [-0.15, -0.1) is 0 Å². The summed E-state index contributed by atoms with van der Waals surface area (Å²) in [6, 6.07) is 3.34. The Hall–Kier alpha value is -3.19. The molecule has 0 unspecified atom stereocenters. The molecule has 34 heavy (non-hydrogen) atoms. The molecule has 1 aliphatic rings. The molecule has 1 aromatic carbocycles. The lowest BCUT2D eigenvalue weighted by molar-refractivity contribution is 0.102. The van der Waals surface area contributed by atoms with Gasteiger partial charge >= 0.3 is 0 Å². The minimum atomic E-state index is -2.67. The Morgan fingerprint density at radius 1 is 1.26 bits per heavy atom. The second kappa shape index (κ2) is 9.97. The van der Waals surface area contributed by atoms with Crippen LogP contribution in [0.3, 0.4) is 0 Å². The van der Waals surface area contributed by atoms with Crippen LogP contribution in [0.25, 0.3) is 10.6 Å². The zero-order chi connectivity index (χ0) is 24.4. The van der Waals surface area contributed by atoms with E-state index in [9.17, 15) is 27.5 Å². The summed E-state index contributed by atoms with van der Waals surface area (Å²) in [5.74, 6) is -2.19. The van der Waals surface area contributed by atoms with Gasteiger partial charge in [0.25, 0.3) is 12.3 Å². The largest absolute Gasteiger partial charge is 0.393 e. The number of nitrogens with zero attached hydrogens (tertiary/aromatic N) is 4. The summed E-state index contributed by atoms with van der Waals surface area (Å²) in [5, 5.41) is 16.4. The van der Waals surface area contributed by atoms with Gasteiger partial charge in [-0.3, -0.25) is 4.79 Å². The number of hydrogen-bond donors (Lipinski definition) is 3. The molecule has 1 aliphatic heterocycles. The number of benzene rings is 1. The molecule has 8 nitrogen and oxygen atoms in total. The van der Waals surface area contributed by atoms with Crippen molar-refractivity contribution in [3.63, 3.8) is 0 Å². The number of aliphatic hydroxyl groups excluding tert-OH is 1. The maximum Gasteiger partial charge on any atom is 0.277 e. The van der Waals surface area contributed by atoms with Crippen LogP contribution in [0.2, 0.25) is 0 Å². The summed E-state index contributed by atoms with van der Waals surface area (Å²) in [6.45, 7) is 0.179. The van der Waals surface area contributed by atoms with Crippen molar-refractivity contribution in [1.82, 2.24) is 14.8 Å². The number of nitrogens with one attached hydrogen (secondary N) is 1. The van der Waals surface area contributed by atoms with Gasteiger partial charge in [0.2, 0.25) is 0 Å². The van der Waals surface area contributed by atoms with Gasteiger partial charge in [0.05, 0.1) is 17.9 Å². The van der Waals surface area contributed by atoms with Crippen LogP contribution in [-0.2, 0) is 6.54 Å². The Morgan fingerprint density at radius 2 is 2.00 bits per heavy atom. The first-order valence-electron chi connectivity index (χ1n) is 10.5. The fourth-order valence-electron chi connectivity index (χ4n) is 3.84. The molecular weight excluding hydrogens is 476 g/mol. The lowest BCUT2D eigenvalue weighted by atomic mass is 10.2. The molecular formula is C21H22F4N6O2S. The number of halogens is 4. The third-order valence-corrected chi connectivity index (χ3v) is 6.32. The maximum atomic E-state index is 14.1. The average molecular weight is 499 g/mol. The van der Waals surface area contributed by atoms with Crippen LogP contribution in [0, 0.1) is 11.6 Å². The maximum absolute atomic E-state index is 14.1. The molecule has 0 radical (unpaired) electrons. The van der Waals surface area contributed by atoms with Gasteiger partial charge in [-0.25, -0.2) is 27.2 Å².